The van der Waals surface area contributed by atoms with Gasteiger partial charge in [0, 0.05) is 13.1 Å². The Labute approximate surface area is 174 Å². The van der Waals surface area contributed by atoms with Crippen LogP contribution < -0.4 is 11.2 Å². The summed E-state index contributed by atoms with van der Waals surface area (Å²) in [5, 5.41) is 0. The molecule has 0 amide bonds. The first-order valence-corrected chi connectivity index (χ1v) is 10.3. The maximum atomic E-state index is 12.6. The first kappa shape index (κ1) is 21.5. The van der Waals surface area contributed by atoms with Crippen molar-refractivity contribution >= 4 is 17.1 Å². The van der Waals surface area contributed by atoms with Crippen molar-refractivity contribution in [1.82, 2.24) is 19.1 Å². The maximum absolute atomic E-state index is 12.6. The Balaban J connectivity index is 2.00. The summed E-state index contributed by atoms with van der Waals surface area (Å²) in [6, 6.07) is 5.48. The molecule has 0 radical (unpaired) electrons. The molecule has 1 aromatic carbocycles. The number of unbranched alkanes of at least 4 members (excludes halogenated alkanes) is 1. The highest BCUT2D eigenvalue weighted by Crippen LogP contribution is 2.17. The Bertz CT molecular complexity index is 1190. The number of carbonyl (C=O) groups is 1. The highest BCUT2D eigenvalue weighted by Gasteiger charge is 2.20. The molecule has 8 heteroatoms. The number of H-pyrrole nitrogens is 1. The number of aromatic amines is 1. The molecule has 3 rings (SSSR count). The van der Waals surface area contributed by atoms with E-state index in [1.165, 1.54) is 4.57 Å². The third-order valence-electron chi connectivity index (χ3n) is 5.30. The molecule has 0 saturated carbocycles. The molecule has 0 bridgehead atoms. The smallest absolute Gasteiger partial charge is 0.338 e. The van der Waals surface area contributed by atoms with Crippen LogP contribution in [0.5, 0.6) is 0 Å². The molecule has 2 aromatic heterocycles. The van der Waals surface area contributed by atoms with Crippen LogP contribution in [-0.4, -0.2) is 25.1 Å². The zero-order valence-electron chi connectivity index (χ0n) is 17.9. The summed E-state index contributed by atoms with van der Waals surface area (Å²) in [4.78, 5) is 44.4. The molecule has 0 saturated heterocycles. The molecule has 0 aliphatic rings. The molecule has 1 N–H and O–H groups in total. The molecule has 160 valence electrons. The summed E-state index contributed by atoms with van der Waals surface area (Å²) in [6.45, 7) is 8.75. The Morgan fingerprint density at radius 2 is 1.87 bits per heavy atom. The van der Waals surface area contributed by atoms with Crippen LogP contribution in [-0.2, 0) is 24.4 Å². The van der Waals surface area contributed by atoms with Crippen LogP contribution in [0.2, 0.25) is 0 Å². The Hall–Kier alpha value is -3.16. The minimum atomic E-state index is -0.476. The van der Waals surface area contributed by atoms with Crippen LogP contribution in [0.1, 0.15) is 60.4 Å². The summed E-state index contributed by atoms with van der Waals surface area (Å²) < 4.78 is 8.77. The third kappa shape index (κ3) is 4.08. The molecule has 0 aliphatic heterocycles. The van der Waals surface area contributed by atoms with Crippen molar-refractivity contribution in [3.8, 4) is 0 Å². The van der Waals surface area contributed by atoms with E-state index in [0.29, 0.717) is 35.6 Å². The van der Waals surface area contributed by atoms with Crippen molar-refractivity contribution < 1.29 is 9.53 Å². The number of ether oxygens (including phenoxy) is 1. The average Bonchev–Trinajstić information content (AvgIpc) is 3.07. The molecule has 3 aromatic rings. The number of aryl methyl sites for hydroxylation is 3. The van der Waals surface area contributed by atoms with Gasteiger partial charge in [-0.1, -0.05) is 32.4 Å². The van der Waals surface area contributed by atoms with E-state index < -0.39 is 17.2 Å². The second-order valence-corrected chi connectivity index (χ2v) is 7.44. The molecular formula is C22H28N4O4. The standard InChI is InChI=1S/C22H28N4O4/c1-5-7-12-26-19-18(20(27)24-22(26)29)25(11-6-2)17(23-19)13-30-21(28)16-10-8-9-14(3)15(16)4/h8-10H,5-7,11-13H2,1-4H3,(H,24,27,29). The van der Waals surface area contributed by atoms with E-state index in [4.69, 9.17) is 4.74 Å². The second kappa shape index (κ2) is 9.11. The minimum Gasteiger partial charge on any atom is -0.454 e. The van der Waals surface area contributed by atoms with Crippen molar-refractivity contribution in [2.45, 2.75) is 66.7 Å². The number of nitrogens with one attached hydrogen (secondary N) is 1. The number of aromatic nitrogens is 4. The van der Waals surface area contributed by atoms with Crippen LogP contribution in [0, 0.1) is 13.8 Å². The van der Waals surface area contributed by atoms with Gasteiger partial charge in [-0.3, -0.25) is 14.3 Å². The SMILES string of the molecule is CCCCn1c(=O)[nH]c(=O)c2c1nc(COC(=O)c1cccc(C)c1C)n2CCC. The van der Waals surface area contributed by atoms with Gasteiger partial charge in [0.1, 0.15) is 12.4 Å². The summed E-state index contributed by atoms with van der Waals surface area (Å²) in [5.41, 5.74) is 2.11. The highest BCUT2D eigenvalue weighted by molar-refractivity contribution is 5.91. The number of nitrogens with zero attached hydrogens (tertiary/aromatic N) is 3. The highest BCUT2D eigenvalue weighted by atomic mass is 16.5. The maximum Gasteiger partial charge on any atom is 0.338 e. The van der Waals surface area contributed by atoms with Crippen molar-refractivity contribution in [1.29, 1.82) is 0 Å². The van der Waals surface area contributed by atoms with E-state index in [9.17, 15) is 14.4 Å². The molecule has 0 spiro atoms. The number of fused-ring (bicyclic) bond motifs is 1. The normalized spacial score (nSPS) is 11.2. The molecular weight excluding hydrogens is 384 g/mol. The summed E-state index contributed by atoms with van der Waals surface area (Å²) >= 11 is 0. The van der Waals surface area contributed by atoms with Crippen molar-refractivity contribution in [3.63, 3.8) is 0 Å². The molecule has 30 heavy (non-hydrogen) atoms. The largest absolute Gasteiger partial charge is 0.454 e. The fraction of sp³-hybridized carbons (Fsp3) is 0.455. The lowest BCUT2D eigenvalue weighted by Crippen LogP contribution is -2.31. The molecule has 0 unspecified atom stereocenters. The number of carbonyl (C=O) groups excluding carboxylic acids is 1. The van der Waals surface area contributed by atoms with E-state index in [2.05, 4.69) is 9.97 Å². The van der Waals surface area contributed by atoms with Crippen LogP contribution >= 0.6 is 0 Å². The lowest BCUT2D eigenvalue weighted by atomic mass is 10.0. The van der Waals surface area contributed by atoms with E-state index in [1.807, 2.05) is 39.8 Å². The second-order valence-electron chi connectivity index (χ2n) is 7.44. The number of esters is 1. The van der Waals surface area contributed by atoms with Gasteiger partial charge in [-0.2, -0.15) is 0 Å². The predicted octanol–water partition coefficient (Wildman–Crippen LogP) is 3.07. The zero-order valence-corrected chi connectivity index (χ0v) is 17.9. The van der Waals surface area contributed by atoms with Gasteiger partial charge in [-0.25, -0.2) is 14.6 Å². The fourth-order valence-corrected chi connectivity index (χ4v) is 3.50. The van der Waals surface area contributed by atoms with E-state index in [1.54, 1.807) is 10.6 Å². The summed E-state index contributed by atoms with van der Waals surface area (Å²) in [5.74, 6) is 0.00967. The fourth-order valence-electron chi connectivity index (χ4n) is 3.50. The van der Waals surface area contributed by atoms with Crippen LogP contribution in [0.15, 0.2) is 27.8 Å². The van der Waals surface area contributed by atoms with Gasteiger partial charge in [0.15, 0.2) is 11.2 Å². The first-order valence-electron chi connectivity index (χ1n) is 10.3. The van der Waals surface area contributed by atoms with Crippen molar-refractivity contribution in [2.75, 3.05) is 0 Å². The quantitative estimate of drug-likeness (QED) is 0.573. The molecule has 0 fully saturated rings. The van der Waals surface area contributed by atoms with Gasteiger partial charge in [0.2, 0.25) is 0 Å². The van der Waals surface area contributed by atoms with E-state index in [-0.39, 0.29) is 6.61 Å². The first-order chi connectivity index (χ1) is 14.4. The van der Waals surface area contributed by atoms with Gasteiger partial charge < -0.3 is 9.30 Å². The molecule has 2 heterocycles. The van der Waals surface area contributed by atoms with Gasteiger partial charge in [0.05, 0.1) is 5.56 Å². The number of benzene rings is 1. The van der Waals surface area contributed by atoms with Crippen LogP contribution in [0.3, 0.4) is 0 Å². The number of imidazole rings is 1. The lowest BCUT2D eigenvalue weighted by Gasteiger charge is -2.10. The summed E-state index contributed by atoms with van der Waals surface area (Å²) in [6.07, 6.45) is 2.46. The number of hydrogen-bond acceptors (Lipinski definition) is 5. The Kier molecular flexibility index (Phi) is 6.54. The van der Waals surface area contributed by atoms with E-state index in [0.717, 1.165) is 30.4 Å². The monoisotopic (exact) mass is 412 g/mol. The zero-order chi connectivity index (χ0) is 21.8. The minimum absolute atomic E-state index is 0.0810. The lowest BCUT2D eigenvalue weighted by molar-refractivity contribution is 0.0457. The van der Waals surface area contributed by atoms with Gasteiger partial charge in [-0.05, 0) is 43.9 Å². The third-order valence-corrected chi connectivity index (χ3v) is 5.30. The van der Waals surface area contributed by atoms with Gasteiger partial charge in [0.25, 0.3) is 5.56 Å². The molecule has 8 nitrogen and oxygen atoms in total. The van der Waals surface area contributed by atoms with Gasteiger partial charge >= 0.3 is 11.7 Å². The number of hydrogen-bond donors (Lipinski definition) is 1. The molecule has 0 atom stereocenters. The van der Waals surface area contributed by atoms with Crippen LogP contribution in [0.25, 0.3) is 11.2 Å². The van der Waals surface area contributed by atoms with E-state index >= 15 is 0 Å². The topological polar surface area (TPSA) is 99.0 Å². The number of rotatable bonds is 8. The molecule has 0 aliphatic carbocycles. The predicted molar refractivity (Wildman–Crippen MR) is 115 cm³/mol. The average molecular weight is 412 g/mol. The Morgan fingerprint density at radius 1 is 1.10 bits per heavy atom. The Morgan fingerprint density at radius 3 is 2.57 bits per heavy atom. The van der Waals surface area contributed by atoms with Crippen molar-refractivity contribution in [3.05, 3.63) is 61.6 Å². The van der Waals surface area contributed by atoms with Gasteiger partial charge in [-0.15, -0.1) is 0 Å². The summed E-state index contributed by atoms with van der Waals surface area (Å²) in [7, 11) is 0. The van der Waals surface area contributed by atoms with Crippen molar-refractivity contribution in [2.24, 2.45) is 0 Å². The van der Waals surface area contributed by atoms with Crippen LogP contribution in [0.4, 0.5) is 0 Å².